The predicted molar refractivity (Wildman–Crippen MR) is 99.4 cm³/mol. The first-order valence-electron chi connectivity index (χ1n) is 7.64. The zero-order chi connectivity index (χ0) is 17.6. The van der Waals surface area contributed by atoms with E-state index in [4.69, 9.17) is 16.3 Å². The Kier molecular flexibility index (Phi) is 5.63. The Bertz CT molecular complexity index is 868. The van der Waals surface area contributed by atoms with Crippen molar-refractivity contribution in [1.82, 2.24) is 15.3 Å². The summed E-state index contributed by atoms with van der Waals surface area (Å²) in [5, 5.41) is 6.26. The summed E-state index contributed by atoms with van der Waals surface area (Å²) in [4.78, 5) is 21.1. The first-order chi connectivity index (χ1) is 12.2. The highest BCUT2D eigenvalue weighted by molar-refractivity contribution is 7.09. The van der Waals surface area contributed by atoms with Crippen molar-refractivity contribution in [2.75, 3.05) is 13.7 Å². The third-order valence-corrected chi connectivity index (χ3v) is 4.60. The molecule has 7 heteroatoms. The minimum absolute atomic E-state index is 0.192. The summed E-state index contributed by atoms with van der Waals surface area (Å²) in [6, 6.07) is 10.7. The number of rotatable bonds is 6. The molecule has 1 N–H and O–H groups in total. The fraction of sp³-hybridized carbons (Fsp3) is 0.167. The van der Waals surface area contributed by atoms with Crippen molar-refractivity contribution in [3.63, 3.8) is 0 Å². The molecule has 0 aliphatic carbocycles. The van der Waals surface area contributed by atoms with E-state index in [0.717, 1.165) is 16.4 Å². The molecule has 3 aromatic rings. The molecular formula is C18H16ClN3O2S. The molecule has 2 heterocycles. The smallest absolute Gasteiger partial charge is 0.251 e. The van der Waals surface area contributed by atoms with Gasteiger partial charge in [-0.25, -0.2) is 4.98 Å². The summed E-state index contributed by atoms with van der Waals surface area (Å²) < 4.78 is 5.13. The van der Waals surface area contributed by atoms with Crippen LogP contribution in [0.2, 0.25) is 5.02 Å². The lowest BCUT2D eigenvalue weighted by Crippen LogP contribution is -2.25. The largest absolute Gasteiger partial charge is 0.497 e. The van der Waals surface area contributed by atoms with Crippen molar-refractivity contribution in [2.45, 2.75) is 6.42 Å². The molecule has 0 aliphatic heterocycles. The Morgan fingerprint density at radius 2 is 2.16 bits per heavy atom. The van der Waals surface area contributed by atoms with Gasteiger partial charge in [0.1, 0.15) is 5.75 Å². The van der Waals surface area contributed by atoms with Crippen LogP contribution in [0.15, 0.2) is 48.0 Å². The molecular weight excluding hydrogens is 358 g/mol. The van der Waals surface area contributed by atoms with Gasteiger partial charge in [-0.1, -0.05) is 17.7 Å². The normalized spacial score (nSPS) is 10.5. The van der Waals surface area contributed by atoms with Gasteiger partial charge < -0.3 is 10.1 Å². The minimum atomic E-state index is -0.192. The molecule has 0 unspecified atom stereocenters. The van der Waals surface area contributed by atoms with Gasteiger partial charge in [-0.05, 0) is 30.3 Å². The number of nitrogens with zero attached hydrogens (tertiary/aromatic N) is 2. The van der Waals surface area contributed by atoms with E-state index in [-0.39, 0.29) is 5.91 Å². The van der Waals surface area contributed by atoms with Gasteiger partial charge in [0.2, 0.25) is 0 Å². The number of pyridine rings is 1. The summed E-state index contributed by atoms with van der Waals surface area (Å²) in [6.07, 6.45) is 2.40. The Morgan fingerprint density at radius 3 is 2.92 bits per heavy atom. The fourth-order valence-electron chi connectivity index (χ4n) is 2.25. The van der Waals surface area contributed by atoms with Gasteiger partial charge in [0, 0.05) is 35.1 Å². The molecule has 0 spiro atoms. The summed E-state index contributed by atoms with van der Waals surface area (Å²) >= 11 is 7.55. The van der Waals surface area contributed by atoms with E-state index >= 15 is 0 Å². The number of methoxy groups -OCH3 is 1. The van der Waals surface area contributed by atoms with Gasteiger partial charge in [0.05, 0.1) is 23.5 Å². The number of hydrogen-bond acceptors (Lipinski definition) is 5. The van der Waals surface area contributed by atoms with Crippen LogP contribution in [0, 0.1) is 0 Å². The van der Waals surface area contributed by atoms with Crippen molar-refractivity contribution >= 4 is 28.8 Å². The third-order valence-electron chi connectivity index (χ3n) is 3.47. The lowest BCUT2D eigenvalue weighted by molar-refractivity contribution is 0.0954. The summed E-state index contributed by atoms with van der Waals surface area (Å²) in [6.45, 7) is 0.489. The molecule has 5 nitrogen and oxygen atoms in total. The van der Waals surface area contributed by atoms with E-state index in [1.54, 1.807) is 35.7 Å². The van der Waals surface area contributed by atoms with E-state index in [1.807, 2.05) is 23.6 Å². The highest BCUT2D eigenvalue weighted by Crippen LogP contribution is 2.21. The molecule has 2 aromatic heterocycles. The summed E-state index contributed by atoms with van der Waals surface area (Å²) in [5.41, 5.74) is 2.17. The highest BCUT2D eigenvalue weighted by Gasteiger charge is 2.10. The van der Waals surface area contributed by atoms with Crippen LogP contribution in [0.4, 0.5) is 0 Å². The Balaban J connectivity index is 1.57. The molecule has 128 valence electrons. The maximum Gasteiger partial charge on any atom is 0.251 e. The monoisotopic (exact) mass is 373 g/mol. The number of nitrogens with one attached hydrogen (secondary N) is 1. The molecule has 0 saturated carbocycles. The zero-order valence-corrected chi connectivity index (χ0v) is 15.1. The van der Waals surface area contributed by atoms with Crippen LogP contribution in [0.3, 0.4) is 0 Å². The van der Waals surface area contributed by atoms with Gasteiger partial charge >= 0.3 is 0 Å². The van der Waals surface area contributed by atoms with Crippen molar-refractivity contribution < 1.29 is 9.53 Å². The van der Waals surface area contributed by atoms with Crippen LogP contribution < -0.4 is 10.1 Å². The minimum Gasteiger partial charge on any atom is -0.497 e. The zero-order valence-electron chi connectivity index (χ0n) is 13.5. The number of amides is 1. The molecule has 0 bridgehead atoms. The van der Waals surface area contributed by atoms with Gasteiger partial charge in [0.15, 0.2) is 0 Å². The highest BCUT2D eigenvalue weighted by atomic mass is 35.5. The van der Waals surface area contributed by atoms with Crippen LogP contribution in [0.1, 0.15) is 15.4 Å². The molecule has 25 heavy (non-hydrogen) atoms. The number of ether oxygens (including phenoxy) is 1. The first-order valence-corrected chi connectivity index (χ1v) is 8.90. The number of benzene rings is 1. The number of carbonyl (C=O) groups excluding carboxylic acids is 1. The van der Waals surface area contributed by atoms with Crippen LogP contribution in [0.5, 0.6) is 5.75 Å². The lowest BCUT2D eigenvalue weighted by Gasteiger charge is -2.07. The molecule has 3 rings (SSSR count). The number of aromatic nitrogens is 2. The number of hydrogen-bond donors (Lipinski definition) is 1. The molecule has 0 atom stereocenters. The lowest BCUT2D eigenvalue weighted by atomic mass is 10.2. The van der Waals surface area contributed by atoms with Gasteiger partial charge in [-0.15, -0.1) is 11.3 Å². The van der Waals surface area contributed by atoms with Crippen LogP contribution in [-0.2, 0) is 6.42 Å². The topological polar surface area (TPSA) is 64.1 Å². The van der Waals surface area contributed by atoms with E-state index in [2.05, 4.69) is 15.3 Å². The Morgan fingerprint density at radius 1 is 1.28 bits per heavy atom. The average Bonchev–Trinajstić information content (AvgIpc) is 3.10. The first kappa shape index (κ1) is 17.4. The fourth-order valence-corrected chi connectivity index (χ4v) is 3.27. The second-order valence-electron chi connectivity index (χ2n) is 5.23. The van der Waals surface area contributed by atoms with Gasteiger partial charge in [-0.2, -0.15) is 0 Å². The number of halogens is 1. The molecule has 1 aromatic carbocycles. The summed E-state index contributed by atoms with van der Waals surface area (Å²) in [5.74, 6) is 0.361. The number of carbonyl (C=O) groups is 1. The van der Waals surface area contributed by atoms with Gasteiger partial charge in [-0.3, -0.25) is 9.78 Å². The molecule has 0 aliphatic rings. The standard InChI is InChI=1S/C18H16ClN3O2S/c1-24-14-9-12(8-13(19)10-14)18(23)21-7-5-17-22-16(11-25-17)15-4-2-3-6-20-15/h2-4,6,8-11H,5,7H2,1H3,(H,21,23). The van der Waals surface area contributed by atoms with E-state index in [0.29, 0.717) is 29.3 Å². The predicted octanol–water partition coefficient (Wildman–Crippen LogP) is 3.84. The molecule has 0 fully saturated rings. The molecule has 0 radical (unpaired) electrons. The summed E-state index contributed by atoms with van der Waals surface area (Å²) in [7, 11) is 1.54. The van der Waals surface area contributed by atoms with Crippen LogP contribution in [-0.4, -0.2) is 29.5 Å². The van der Waals surface area contributed by atoms with Crippen molar-refractivity contribution in [1.29, 1.82) is 0 Å². The number of thiazole rings is 1. The second kappa shape index (κ2) is 8.09. The average molecular weight is 374 g/mol. The Labute approximate surface area is 154 Å². The van der Waals surface area contributed by atoms with E-state index < -0.39 is 0 Å². The van der Waals surface area contributed by atoms with E-state index in [1.165, 1.54) is 7.11 Å². The van der Waals surface area contributed by atoms with Gasteiger partial charge in [0.25, 0.3) is 5.91 Å². The Hall–Kier alpha value is -2.44. The SMILES string of the molecule is COc1cc(Cl)cc(C(=O)NCCc2nc(-c3ccccn3)cs2)c1. The molecule has 0 saturated heterocycles. The van der Waals surface area contributed by atoms with Crippen molar-refractivity contribution in [3.05, 3.63) is 63.6 Å². The second-order valence-corrected chi connectivity index (χ2v) is 6.61. The maximum absolute atomic E-state index is 12.2. The quantitative estimate of drug-likeness (QED) is 0.713. The van der Waals surface area contributed by atoms with Crippen LogP contribution >= 0.6 is 22.9 Å². The van der Waals surface area contributed by atoms with E-state index in [9.17, 15) is 4.79 Å². The molecule has 1 amide bonds. The van der Waals surface area contributed by atoms with Crippen molar-refractivity contribution in [3.8, 4) is 17.1 Å². The third kappa shape index (κ3) is 4.55. The van der Waals surface area contributed by atoms with Crippen LogP contribution in [0.25, 0.3) is 11.4 Å². The maximum atomic E-state index is 12.2. The van der Waals surface area contributed by atoms with Crippen molar-refractivity contribution in [2.24, 2.45) is 0 Å².